The van der Waals surface area contributed by atoms with Gasteiger partial charge >= 0.3 is 0 Å². The number of halogens is 1. The number of aliphatic hydroxyl groups is 1. The molecule has 1 unspecified atom stereocenters. The number of nitrogens with one attached hydrogen (secondary N) is 1. The summed E-state index contributed by atoms with van der Waals surface area (Å²) in [4.78, 5) is 0. The number of rotatable bonds is 6. The fraction of sp³-hybridized carbons (Fsp3) is 0.700. The minimum atomic E-state index is 0.0420. The van der Waals surface area contributed by atoms with Crippen molar-refractivity contribution in [1.29, 1.82) is 0 Å². The Kier molecular flexibility index (Phi) is 5.08. The van der Waals surface area contributed by atoms with Crippen LogP contribution in [0.25, 0.3) is 0 Å². The lowest BCUT2D eigenvalue weighted by atomic mass is 10.3. The van der Waals surface area contributed by atoms with Crippen molar-refractivity contribution in [2.45, 2.75) is 32.9 Å². The monoisotopic (exact) mass is 231 g/mol. The number of nitrogens with zero attached hydrogens (tertiary/aromatic N) is 2. The highest BCUT2D eigenvalue weighted by Crippen LogP contribution is 2.12. The highest BCUT2D eigenvalue weighted by atomic mass is 35.5. The Morgan fingerprint density at radius 1 is 1.67 bits per heavy atom. The minimum Gasteiger partial charge on any atom is -0.395 e. The van der Waals surface area contributed by atoms with Gasteiger partial charge in [-0.2, -0.15) is 5.10 Å². The molecule has 0 aliphatic rings. The molecule has 15 heavy (non-hydrogen) atoms. The number of aliphatic hydroxyl groups excluding tert-OH is 1. The van der Waals surface area contributed by atoms with Crippen molar-refractivity contribution in [3.8, 4) is 0 Å². The standard InChI is InChI=1S/C10H18ClN3O/c1-3-4-12-9(7-15)5-14-6-10(11)8(2)13-14/h6,9,12,15H,3-5,7H2,1-2H3. The predicted octanol–water partition coefficient (Wildman–Crippen LogP) is 1.21. The van der Waals surface area contributed by atoms with Crippen LogP contribution in [0.5, 0.6) is 0 Å². The maximum atomic E-state index is 9.15. The van der Waals surface area contributed by atoms with Gasteiger partial charge in [0.05, 0.1) is 23.9 Å². The molecular formula is C10H18ClN3O. The van der Waals surface area contributed by atoms with E-state index in [0.717, 1.165) is 18.7 Å². The molecule has 0 saturated carbocycles. The number of hydrogen-bond donors (Lipinski definition) is 2. The van der Waals surface area contributed by atoms with Crippen LogP contribution in [0, 0.1) is 6.92 Å². The highest BCUT2D eigenvalue weighted by Gasteiger charge is 2.09. The molecule has 0 radical (unpaired) electrons. The largest absolute Gasteiger partial charge is 0.395 e. The van der Waals surface area contributed by atoms with E-state index in [2.05, 4.69) is 17.3 Å². The van der Waals surface area contributed by atoms with Crippen LogP contribution in [0.2, 0.25) is 5.02 Å². The second-order valence-electron chi connectivity index (χ2n) is 3.62. The lowest BCUT2D eigenvalue weighted by Crippen LogP contribution is -2.37. The second-order valence-corrected chi connectivity index (χ2v) is 4.03. The molecule has 1 aromatic rings. The molecule has 1 rings (SSSR count). The molecular weight excluding hydrogens is 214 g/mol. The van der Waals surface area contributed by atoms with Crippen molar-refractivity contribution in [2.75, 3.05) is 13.2 Å². The zero-order valence-corrected chi connectivity index (χ0v) is 9.96. The lowest BCUT2D eigenvalue weighted by molar-refractivity contribution is 0.225. The Morgan fingerprint density at radius 3 is 2.87 bits per heavy atom. The molecule has 0 bridgehead atoms. The average Bonchev–Trinajstić information content (AvgIpc) is 2.53. The van der Waals surface area contributed by atoms with Gasteiger partial charge in [-0.3, -0.25) is 4.68 Å². The number of hydrogen-bond acceptors (Lipinski definition) is 3. The first-order valence-electron chi connectivity index (χ1n) is 5.21. The summed E-state index contributed by atoms with van der Waals surface area (Å²) < 4.78 is 1.77. The van der Waals surface area contributed by atoms with E-state index < -0.39 is 0 Å². The van der Waals surface area contributed by atoms with Crippen molar-refractivity contribution in [1.82, 2.24) is 15.1 Å². The molecule has 5 heteroatoms. The smallest absolute Gasteiger partial charge is 0.0814 e. The summed E-state index contributed by atoms with van der Waals surface area (Å²) >= 11 is 5.89. The molecule has 0 aliphatic heterocycles. The first-order chi connectivity index (χ1) is 7.17. The fourth-order valence-electron chi connectivity index (χ4n) is 1.35. The summed E-state index contributed by atoms with van der Waals surface area (Å²) in [7, 11) is 0. The quantitative estimate of drug-likeness (QED) is 0.774. The van der Waals surface area contributed by atoms with Gasteiger partial charge < -0.3 is 10.4 Å². The van der Waals surface area contributed by atoms with Crippen molar-refractivity contribution in [3.05, 3.63) is 16.9 Å². The van der Waals surface area contributed by atoms with E-state index >= 15 is 0 Å². The van der Waals surface area contributed by atoms with E-state index in [4.69, 9.17) is 16.7 Å². The van der Waals surface area contributed by atoms with Crippen LogP contribution in [0.3, 0.4) is 0 Å². The van der Waals surface area contributed by atoms with Gasteiger partial charge in [-0.05, 0) is 19.9 Å². The third kappa shape index (κ3) is 3.81. The van der Waals surface area contributed by atoms with Crippen molar-refractivity contribution in [2.24, 2.45) is 0 Å². The summed E-state index contributed by atoms with van der Waals surface area (Å²) in [5.74, 6) is 0. The van der Waals surface area contributed by atoms with Crippen LogP contribution in [0.15, 0.2) is 6.20 Å². The van der Waals surface area contributed by atoms with E-state index in [0.29, 0.717) is 11.6 Å². The summed E-state index contributed by atoms with van der Waals surface area (Å²) in [5, 5.41) is 17.3. The van der Waals surface area contributed by atoms with Gasteiger partial charge in [-0.1, -0.05) is 18.5 Å². The van der Waals surface area contributed by atoms with Crippen LogP contribution in [0.4, 0.5) is 0 Å². The van der Waals surface area contributed by atoms with Gasteiger partial charge in [-0.15, -0.1) is 0 Å². The summed E-state index contributed by atoms with van der Waals surface area (Å²) in [6.07, 6.45) is 2.84. The summed E-state index contributed by atoms with van der Waals surface area (Å²) in [6, 6.07) is 0.0420. The van der Waals surface area contributed by atoms with Crippen molar-refractivity contribution in [3.63, 3.8) is 0 Å². The molecule has 0 amide bonds. The van der Waals surface area contributed by atoms with Crippen LogP contribution in [-0.4, -0.2) is 34.1 Å². The van der Waals surface area contributed by atoms with Gasteiger partial charge in [0.2, 0.25) is 0 Å². The van der Waals surface area contributed by atoms with E-state index in [1.54, 1.807) is 10.9 Å². The SMILES string of the molecule is CCCNC(CO)Cn1cc(Cl)c(C)n1. The second kappa shape index (κ2) is 6.10. The van der Waals surface area contributed by atoms with E-state index in [1.165, 1.54) is 0 Å². The molecule has 0 aromatic carbocycles. The molecule has 0 fully saturated rings. The van der Waals surface area contributed by atoms with E-state index in [-0.39, 0.29) is 12.6 Å². The summed E-state index contributed by atoms with van der Waals surface area (Å²) in [6.45, 7) is 5.61. The first kappa shape index (κ1) is 12.5. The molecule has 0 saturated heterocycles. The van der Waals surface area contributed by atoms with Gasteiger partial charge in [-0.25, -0.2) is 0 Å². The van der Waals surface area contributed by atoms with Crippen LogP contribution < -0.4 is 5.32 Å². The van der Waals surface area contributed by atoms with Crippen LogP contribution >= 0.6 is 11.6 Å². The molecule has 1 aromatic heterocycles. The molecule has 86 valence electrons. The van der Waals surface area contributed by atoms with Gasteiger partial charge in [0.1, 0.15) is 0 Å². The Hall–Kier alpha value is -0.580. The first-order valence-corrected chi connectivity index (χ1v) is 5.59. The normalized spacial score (nSPS) is 13.1. The molecule has 2 N–H and O–H groups in total. The average molecular weight is 232 g/mol. The number of aryl methyl sites for hydroxylation is 1. The zero-order chi connectivity index (χ0) is 11.3. The fourth-order valence-corrected chi connectivity index (χ4v) is 1.50. The molecule has 0 aliphatic carbocycles. The molecule has 1 atom stereocenters. The lowest BCUT2D eigenvalue weighted by Gasteiger charge is -2.15. The Morgan fingerprint density at radius 2 is 2.40 bits per heavy atom. The maximum absolute atomic E-state index is 9.15. The van der Waals surface area contributed by atoms with Crippen molar-refractivity contribution >= 4 is 11.6 Å². The Balaban J connectivity index is 2.50. The Bertz CT molecular complexity index is 281. The Labute approximate surface area is 95.2 Å². The molecule has 4 nitrogen and oxygen atoms in total. The third-order valence-corrected chi connectivity index (χ3v) is 2.57. The van der Waals surface area contributed by atoms with E-state index in [9.17, 15) is 0 Å². The number of aromatic nitrogens is 2. The van der Waals surface area contributed by atoms with Gasteiger partial charge in [0, 0.05) is 12.2 Å². The maximum Gasteiger partial charge on any atom is 0.0814 e. The minimum absolute atomic E-state index is 0.0420. The van der Waals surface area contributed by atoms with Crippen LogP contribution in [0.1, 0.15) is 19.0 Å². The predicted molar refractivity (Wildman–Crippen MR) is 61.1 cm³/mol. The summed E-state index contributed by atoms with van der Waals surface area (Å²) in [5.41, 5.74) is 0.823. The topological polar surface area (TPSA) is 50.1 Å². The molecule has 1 heterocycles. The highest BCUT2D eigenvalue weighted by molar-refractivity contribution is 6.31. The van der Waals surface area contributed by atoms with Gasteiger partial charge in [0.25, 0.3) is 0 Å². The molecule has 0 spiro atoms. The van der Waals surface area contributed by atoms with Gasteiger partial charge in [0.15, 0.2) is 0 Å². The van der Waals surface area contributed by atoms with Crippen LogP contribution in [-0.2, 0) is 6.54 Å². The third-order valence-electron chi connectivity index (χ3n) is 2.20. The van der Waals surface area contributed by atoms with E-state index in [1.807, 2.05) is 6.92 Å². The van der Waals surface area contributed by atoms with Crippen molar-refractivity contribution < 1.29 is 5.11 Å². The zero-order valence-electron chi connectivity index (χ0n) is 9.20.